The lowest BCUT2D eigenvalue weighted by Crippen LogP contribution is -2.32. The first-order valence-corrected chi connectivity index (χ1v) is 11.5. The van der Waals surface area contributed by atoms with Gasteiger partial charge in [-0.05, 0) is 61.2 Å². The summed E-state index contributed by atoms with van der Waals surface area (Å²) in [6.45, 7) is 7.71. The Kier molecular flexibility index (Phi) is 7.68. The molecule has 0 spiro atoms. The van der Waals surface area contributed by atoms with E-state index in [1.54, 1.807) is 18.2 Å². The van der Waals surface area contributed by atoms with Crippen molar-refractivity contribution in [1.29, 1.82) is 5.26 Å². The Bertz CT molecular complexity index is 1170. The molecule has 164 valence electrons. The van der Waals surface area contributed by atoms with E-state index in [0.29, 0.717) is 27.2 Å². The van der Waals surface area contributed by atoms with E-state index >= 15 is 0 Å². The van der Waals surface area contributed by atoms with Gasteiger partial charge in [0.25, 0.3) is 5.91 Å². The van der Waals surface area contributed by atoms with Gasteiger partial charge in [-0.3, -0.25) is 14.5 Å². The first-order chi connectivity index (χ1) is 15.3. The van der Waals surface area contributed by atoms with Gasteiger partial charge in [-0.1, -0.05) is 53.2 Å². The molecule has 0 saturated carbocycles. The number of hydrogen-bond donors (Lipinski definition) is 1. The molecule has 2 aromatic carbocycles. The number of carbonyl (C=O) groups excluding carboxylic acids is 2. The highest BCUT2D eigenvalue weighted by Crippen LogP contribution is 2.42. The second-order valence-corrected chi connectivity index (χ2v) is 9.31. The molecule has 0 aromatic heterocycles. The van der Waals surface area contributed by atoms with Crippen molar-refractivity contribution < 1.29 is 9.59 Å². The molecule has 1 fully saturated rings. The maximum atomic E-state index is 13.5. The van der Waals surface area contributed by atoms with Gasteiger partial charge in [0.05, 0.1) is 5.25 Å². The summed E-state index contributed by atoms with van der Waals surface area (Å²) in [5, 5.41) is 13.1. The Hall–Kier alpha value is -2.72. The second kappa shape index (κ2) is 10.3. The molecule has 8 heteroatoms. The molecule has 1 saturated heterocycles. The maximum Gasteiger partial charge on any atom is 0.264 e. The highest BCUT2D eigenvalue weighted by Gasteiger charge is 2.41. The van der Waals surface area contributed by atoms with Crippen LogP contribution in [0, 0.1) is 25.2 Å². The number of amides is 2. The number of nitrogens with one attached hydrogen (secondary N) is 1. The van der Waals surface area contributed by atoms with Crippen molar-refractivity contribution in [3.63, 3.8) is 0 Å². The molecule has 5 nitrogen and oxygen atoms in total. The smallest absolute Gasteiger partial charge is 0.264 e. The van der Waals surface area contributed by atoms with Gasteiger partial charge < -0.3 is 5.32 Å². The van der Waals surface area contributed by atoms with E-state index in [1.807, 2.05) is 38.1 Å². The van der Waals surface area contributed by atoms with Crippen LogP contribution in [0.2, 0.25) is 10.0 Å². The third-order valence-corrected chi connectivity index (χ3v) is 6.93. The van der Waals surface area contributed by atoms with Crippen molar-refractivity contribution in [2.24, 2.45) is 0 Å². The lowest BCUT2D eigenvalue weighted by atomic mass is 10.1. The van der Waals surface area contributed by atoms with Gasteiger partial charge in [-0.2, -0.15) is 5.26 Å². The van der Waals surface area contributed by atoms with Gasteiger partial charge in [-0.15, -0.1) is 6.58 Å². The van der Waals surface area contributed by atoms with Gasteiger partial charge in [-0.25, -0.2) is 0 Å². The van der Waals surface area contributed by atoms with Crippen molar-refractivity contribution in [2.75, 3.05) is 11.4 Å². The third kappa shape index (κ3) is 5.02. The number of nitrogens with zero attached hydrogens (tertiary/aromatic N) is 2. The summed E-state index contributed by atoms with van der Waals surface area (Å²) in [6.07, 6.45) is 1.86. The van der Waals surface area contributed by atoms with E-state index in [-0.39, 0.29) is 18.0 Å². The first kappa shape index (κ1) is 23.9. The summed E-state index contributed by atoms with van der Waals surface area (Å²) in [6, 6.07) is 12.7. The van der Waals surface area contributed by atoms with Gasteiger partial charge >= 0.3 is 0 Å². The van der Waals surface area contributed by atoms with Gasteiger partial charge in [0, 0.05) is 22.3 Å². The summed E-state index contributed by atoms with van der Waals surface area (Å²) < 4.78 is 0. The van der Waals surface area contributed by atoms with E-state index < -0.39 is 11.2 Å². The molecule has 1 atom stereocenters. The van der Waals surface area contributed by atoms with Crippen LogP contribution in [0.15, 0.2) is 59.7 Å². The predicted octanol–water partition coefficient (Wildman–Crippen LogP) is 5.34. The number of anilines is 1. The van der Waals surface area contributed by atoms with Crippen LogP contribution in [-0.4, -0.2) is 23.6 Å². The quantitative estimate of drug-likeness (QED) is 0.340. The Balaban J connectivity index is 2.07. The number of thioether (sulfide) groups is 1. The van der Waals surface area contributed by atoms with Crippen molar-refractivity contribution in [2.45, 2.75) is 25.5 Å². The fraction of sp³-hybridized carbons (Fsp3) is 0.208. The van der Waals surface area contributed by atoms with Crippen LogP contribution in [0.3, 0.4) is 0 Å². The van der Waals surface area contributed by atoms with E-state index in [4.69, 9.17) is 23.2 Å². The molecule has 32 heavy (non-hydrogen) atoms. The topological polar surface area (TPSA) is 73.2 Å². The highest BCUT2D eigenvalue weighted by atomic mass is 35.5. The maximum absolute atomic E-state index is 13.5. The second-order valence-electron chi connectivity index (χ2n) is 7.28. The van der Waals surface area contributed by atoms with Crippen molar-refractivity contribution in [3.8, 4) is 6.07 Å². The van der Waals surface area contributed by atoms with E-state index in [9.17, 15) is 14.9 Å². The predicted molar refractivity (Wildman–Crippen MR) is 131 cm³/mol. The zero-order valence-corrected chi connectivity index (χ0v) is 19.9. The Labute approximate surface area is 201 Å². The SMILES string of the molecule is C=CCNC(=O)/C(C#N)=C1\SC(Cc2ccc(Cl)cc2Cl)C(=O)N1c1ccc(C)c(C)c1. The Morgan fingerprint density at radius 2 is 2.00 bits per heavy atom. The van der Waals surface area contributed by atoms with E-state index in [0.717, 1.165) is 16.7 Å². The number of rotatable bonds is 6. The van der Waals surface area contributed by atoms with Crippen LogP contribution in [0.5, 0.6) is 0 Å². The van der Waals surface area contributed by atoms with E-state index in [2.05, 4.69) is 11.9 Å². The van der Waals surface area contributed by atoms with Crippen LogP contribution in [0.4, 0.5) is 5.69 Å². The minimum absolute atomic E-state index is 0.117. The summed E-state index contributed by atoms with van der Waals surface area (Å²) in [4.78, 5) is 27.6. The molecular weight excluding hydrogens is 465 g/mol. The lowest BCUT2D eigenvalue weighted by Gasteiger charge is -2.20. The largest absolute Gasteiger partial charge is 0.348 e. The van der Waals surface area contributed by atoms with Crippen LogP contribution in [-0.2, 0) is 16.0 Å². The van der Waals surface area contributed by atoms with E-state index in [1.165, 1.54) is 22.7 Å². The van der Waals surface area contributed by atoms with Gasteiger partial charge in [0.15, 0.2) is 0 Å². The summed E-state index contributed by atoms with van der Waals surface area (Å²) in [5.41, 5.74) is 3.33. The Morgan fingerprint density at radius 3 is 2.62 bits per heavy atom. The molecule has 1 unspecified atom stereocenters. The average Bonchev–Trinajstić information content (AvgIpc) is 3.07. The third-order valence-electron chi connectivity index (χ3n) is 5.08. The molecule has 0 radical (unpaired) electrons. The number of hydrogen-bond acceptors (Lipinski definition) is 4. The monoisotopic (exact) mass is 485 g/mol. The fourth-order valence-corrected chi connectivity index (χ4v) is 5.01. The van der Waals surface area contributed by atoms with Crippen molar-refractivity contribution in [3.05, 3.63) is 86.4 Å². The van der Waals surface area contributed by atoms with Crippen LogP contribution in [0.25, 0.3) is 0 Å². The molecule has 1 aliphatic rings. The molecule has 0 aliphatic carbocycles. The molecule has 1 N–H and O–H groups in total. The molecule has 1 aliphatic heterocycles. The highest BCUT2D eigenvalue weighted by molar-refractivity contribution is 8.05. The minimum atomic E-state index is -0.555. The number of carbonyl (C=O) groups is 2. The number of aryl methyl sites for hydroxylation is 2. The van der Waals surface area contributed by atoms with Gasteiger partial charge in [0.1, 0.15) is 16.7 Å². The molecule has 2 aromatic rings. The lowest BCUT2D eigenvalue weighted by molar-refractivity contribution is -0.117. The van der Waals surface area contributed by atoms with Crippen LogP contribution >= 0.6 is 35.0 Å². The molecule has 0 bridgehead atoms. The average molecular weight is 486 g/mol. The molecule has 1 heterocycles. The van der Waals surface area contributed by atoms with Crippen molar-refractivity contribution in [1.82, 2.24) is 5.32 Å². The number of benzene rings is 2. The fourth-order valence-electron chi connectivity index (χ4n) is 3.23. The molecular formula is C24H21Cl2N3O2S. The first-order valence-electron chi connectivity index (χ1n) is 9.82. The summed E-state index contributed by atoms with van der Waals surface area (Å²) in [5.74, 6) is -0.773. The standard InChI is InChI=1S/C24H21Cl2N3O2S/c1-4-9-28-22(30)19(13-27)24-29(18-8-5-14(2)15(3)10-18)23(31)21(32-24)11-16-6-7-17(25)12-20(16)26/h4-8,10,12,21H,1,9,11H2,2-3H3,(H,28,30)/b24-19-. The summed E-state index contributed by atoms with van der Waals surface area (Å²) in [7, 11) is 0. The van der Waals surface area contributed by atoms with Gasteiger partial charge in [0.2, 0.25) is 5.91 Å². The summed E-state index contributed by atoms with van der Waals surface area (Å²) >= 11 is 13.5. The number of nitriles is 1. The van der Waals surface area contributed by atoms with Crippen molar-refractivity contribution >= 4 is 52.5 Å². The zero-order valence-electron chi connectivity index (χ0n) is 17.6. The van der Waals surface area contributed by atoms with Crippen LogP contribution < -0.4 is 10.2 Å². The molecule has 2 amide bonds. The van der Waals surface area contributed by atoms with Crippen LogP contribution in [0.1, 0.15) is 16.7 Å². The zero-order chi connectivity index (χ0) is 23.4. The number of halogens is 2. The minimum Gasteiger partial charge on any atom is -0.348 e. The molecule has 3 rings (SSSR count). The normalized spacial score (nSPS) is 17.2. The Morgan fingerprint density at radius 1 is 1.25 bits per heavy atom.